The molecule has 0 spiro atoms. The highest BCUT2D eigenvalue weighted by molar-refractivity contribution is 7.81. The number of rotatable bonds is 36. The van der Waals surface area contributed by atoms with Gasteiger partial charge in [0, 0.05) is 0 Å². The molecule has 0 fully saturated rings. The molecule has 0 amide bonds. The number of benzene rings is 4. The van der Waals surface area contributed by atoms with Crippen molar-refractivity contribution in [2.45, 2.75) is 189 Å². The highest BCUT2D eigenvalue weighted by Crippen LogP contribution is 2.73. The van der Waals surface area contributed by atoms with Crippen molar-refractivity contribution in [2.75, 3.05) is 44.9 Å². The molecule has 0 heterocycles. The van der Waals surface area contributed by atoms with E-state index in [-0.39, 0.29) is 24.0 Å². The van der Waals surface area contributed by atoms with E-state index in [9.17, 15) is 0 Å². The molecule has 0 aliphatic carbocycles. The zero-order chi connectivity index (χ0) is 43.9. The van der Waals surface area contributed by atoms with E-state index in [1.54, 1.807) is 0 Å². The molecule has 0 radical (unpaired) electrons. The SMILES string of the molecule is CCCCCCCCN(c1ccccc1)[P+](N(CCCCCCCC)c1ccccc1)(N(CCCCCCCC)c1ccccc1)N(CCCCCCCC)c1ccc(C)cc1.[I-]. The summed E-state index contributed by atoms with van der Waals surface area (Å²) in [6.45, 7) is 15.7. The Balaban J connectivity index is 0.0000106. The third-order valence-electron chi connectivity index (χ3n) is 12.7. The maximum Gasteiger partial charge on any atom is 0.405 e. The number of hydrogen-bond donors (Lipinski definition) is 0. The van der Waals surface area contributed by atoms with E-state index in [0.717, 1.165) is 26.2 Å². The van der Waals surface area contributed by atoms with Gasteiger partial charge in [0.2, 0.25) is 0 Å². The Hall–Kier alpha value is -2.76. The molecule has 0 bridgehead atoms. The number of anilines is 4. The number of aryl methyl sites for hydroxylation is 1. The van der Waals surface area contributed by atoms with Crippen molar-refractivity contribution < 1.29 is 24.0 Å². The summed E-state index contributed by atoms with van der Waals surface area (Å²) in [5, 5.41) is 0. The van der Waals surface area contributed by atoms with Crippen molar-refractivity contribution in [1.82, 2.24) is 0 Å². The van der Waals surface area contributed by atoms with E-state index >= 15 is 0 Å². The van der Waals surface area contributed by atoms with E-state index in [1.165, 1.54) is 182 Å². The van der Waals surface area contributed by atoms with E-state index in [4.69, 9.17) is 0 Å². The van der Waals surface area contributed by atoms with Crippen LogP contribution in [0.5, 0.6) is 0 Å². The fraction of sp³-hybridized carbons (Fsp3) is 0.579. The van der Waals surface area contributed by atoms with E-state index < -0.39 is 7.87 Å². The van der Waals surface area contributed by atoms with Crippen LogP contribution in [0.4, 0.5) is 22.7 Å². The van der Waals surface area contributed by atoms with Gasteiger partial charge in [-0.15, -0.1) is 0 Å². The van der Waals surface area contributed by atoms with Gasteiger partial charge in [0.1, 0.15) is 0 Å². The Morgan fingerprint density at radius 3 is 0.762 bits per heavy atom. The van der Waals surface area contributed by atoms with Gasteiger partial charge in [-0.2, -0.15) is 18.7 Å². The van der Waals surface area contributed by atoms with Crippen molar-refractivity contribution >= 4 is 30.6 Å². The molecular weight excluding hydrogens is 899 g/mol. The van der Waals surface area contributed by atoms with Crippen LogP contribution in [0.3, 0.4) is 0 Å². The molecule has 0 atom stereocenters. The van der Waals surface area contributed by atoms with E-state index in [1.807, 2.05) is 0 Å². The van der Waals surface area contributed by atoms with Gasteiger partial charge in [0.25, 0.3) is 0 Å². The van der Waals surface area contributed by atoms with Crippen LogP contribution in [0.2, 0.25) is 0 Å². The van der Waals surface area contributed by atoms with Gasteiger partial charge in [0.05, 0.1) is 48.9 Å². The Bertz CT molecular complexity index is 1500. The first-order valence-corrected chi connectivity index (χ1v) is 27.4. The summed E-state index contributed by atoms with van der Waals surface area (Å²) in [5.74, 6) is 0. The molecule has 4 rings (SSSR count). The van der Waals surface area contributed by atoms with Crippen molar-refractivity contribution in [1.29, 1.82) is 0 Å². The van der Waals surface area contributed by atoms with Gasteiger partial charge in [-0.25, -0.2) is 0 Å². The van der Waals surface area contributed by atoms with Crippen LogP contribution in [-0.4, -0.2) is 26.2 Å². The third kappa shape index (κ3) is 18.2. The van der Waals surface area contributed by atoms with Gasteiger partial charge < -0.3 is 24.0 Å². The van der Waals surface area contributed by atoms with Crippen LogP contribution in [-0.2, 0) is 0 Å². The predicted molar refractivity (Wildman–Crippen MR) is 280 cm³/mol. The molecule has 0 N–H and O–H groups in total. The summed E-state index contributed by atoms with van der Waals surface area (Å²) in [6, 6.07) is 44.7. The average molecular weight is 989 g/mol. The van der Waals surface area contributed by atoms with Gasteiger partial charge in [0.15, 0.2) is 0 Å². The lowest BCUT2D eigenvalue weighted by Crippen LogP contribution is -3.00. The molecule has 4 nitrogen and oxygen atoms in total. The number of para-hydroxylation sites is 3. The first-order chi connectivity index (χ1) is 30.6. The molecule has 4 aromatic rings. The van der Waals surface area contributed by atoms with Gasteiger partial charge >= 0.3 is 7.87 Å². The third-order valence-corrected chi connectivity index (χ3v) is 17.0. The van der Waals surface area contributed by atoms with Crippen molar-refractivity contribution in [2.24, 2.45) is 0 Å². The first kappa shape index (κ1) is 54.6. The Morgan fingerprint density at radius 1 is 0.286 bits per heavy atom. The zero-order valence-electron chi connectivity index (χ0n) is 40.9. The van der Waals surface area contributed by atoms with Crippen molar-refractivity contribution in [3.8, 4) is 0 Å². The quantitative estimate of drug-likeness (QED) is 0.0256. The van der Waals surface area contributed by atoms with E-state index in [0.29, 0.717) is 0 Å². The molecule has 0 aliphatic rings. The second-order valence-electron chi connectivity index (χ2n) is 17.9. The molecule has 350 valence electrons. The molecule has 0 unspecified atom stereocenters. The largest absolute Gasteiger partial charge is 1.00 e. The minimum atomic E-state index is -2.75. The molecule has 0 aromatic heterocycles. The fourth-order valence-electron chi connectivity index (χ4n) is 9.14. The highest BCUT2D eigenvalue weighted by atomic mass is 127. The Labute approximate surface area is 406 Å². The van der Waals surface area contributed by atoms with Gasteiger partial charge in [-0.3, -0.25) is 0 Å². The van der Waals surface area contributed by atoms with Gasteiger partial charge in [-0.05, 0) is 81.1 Å². The van der Waals surface area contributed by atoms with Gasteiger partial charge in [-0.1, -0.05) is 228 Å². The van der Waals surface area contributed by atoms with Crippen LogP contribution in [0.15, 0.2) is 115 Å². The van der Waals surface area contributed by atoms with Crippen molar-refractivity contribution in [3.63, 3.8) is 0 Å². The van der Waals surface area contributed by atoms with Crippen LogP contribution >= 0.6 is 7.87 Å². The summed E-state index contributed by atoms with van der Waals surface area (Å²) >= 11 is 0. The summed E-state index contributed by atoms with van der Waals surface area (Å²) in [5.41, 5.74) is 6.73. The number of hydrogen-bond acceptors (Lipinski definition) is 4. The van der Waals surface area contributed by atoms with Crippen molar-refractivity contribution in [3.05, 3.63) is 121 Å². The van der Waals surface area contributed by atoms with E-state index in [2.05, 4.69) is 169 Å². The van der Waals surface area contributed by atoms with Crippen LogP contribution in [0.1, 0.15) is 187 Å². The second-order valence-corrected chi connectivity index (χ2v) is 20.9. The summed E-state index contributed by atoms with van der Waals surface area (Å²) in [7, 11) is -2.75. The normalized spacial score (nSPS) is 11.3. The lowest BCUT2D eigenvalue weighted by molar-refractivity contribution is -0.0000130. The molecule has 63 heavy (non-hydrogen) atoms. The second kappa shape index (κ2) is 33.7. The summed E-state index contributed by atoms with van der Waals surface area (Å²) in [6.07, 6.45) is 30.8. The maximum absolute atomic E-state index is 3.00. The molecule has 0 saturated carbocycles. The number of nitrogens with zero attached hydrogens (tertiary/aromatic N) is 4. The molecule has 0 saturated heterocycles. The first-order valence-electron chi connectivity index (χ1n) is 25.8. The standard InChI is InChI=1S/C57H90N4P.HI/c1-6-10-14-18-22-35-49-58(54-39-29-26-30-40-54)62(59(55-41-31-27-32-42-55)50-36-23-19-15-11-7-2,60(56-43-33-28-34-44-56)51-37-24-20-16-12-8-3)61(52-38-25-21-17-13-9-4)57-47-45-53(5)46-48-57;/h26-34,39-48H,6-25,35-38,49-52H2,1-5H3;1H/q+1;/p-1. The smallest absolute Gasteiger partial charge is 0.405 e. The topological polar surface area (TPSA) is 13.0 Å². The minimum absolute atomic E-state index is 0. The maximum atomic E-state index is 3.00. The lowest BCUT2D eigenvalue weighted by atomic mass is 10.1. The lowest BCUT2D eigenvalue weighted by Gasteiger charge is -2.53. The van der Waals surface area contributed by atoms with Crippen LogP contribution < -0.4 is 42.7 Å². The monoisotopic (exact) mass is 989 g/mol. The molecular formula is C57H90IN4P. The summed E-state index contributed by atoms with van der Waals surface area (Å²) in [4.78, 5) is 0. The number of halogens is 1. The number of unbranched alkanes of at least 4 members (excludes halogenated alkanes) is 20. The zero-order valence-corrected chi connectivity index (χ0v) is 43.9. The molecule has 4 aromatic carbocycles. The predicted octanol–water partition coefficient (Wildman–Crippen LogP) is 15.4. The van der Waals surface area contributed by atoms with Crippen LogP contribution in [0, 0.1) is 6.92 Å². The molecule has 0 aliphatic heterocycles. The Kier molecular flexibility index (Phi) is 29.2. The molecule has 6 heteroatoms. The average Bonchev–Trinajstić information content (AvgIpc) is 3.31. The van der Waals surface area contributed by atoms with Crippen LogP contribution in [0.25, 0.3) is 0 Å². The minimum Gasteiger partial charge on any atom is -1.00 e. The highest BCUT2D eigenvalue weighted by Gasteiger charge is 2.63. The summed E-state index contributed by atoms with van der Waals surface area (Å²) < 4.78 is 12.0. The Morgan fingerprint density at radius 2 is 0.508 bits per heavy atom. The fourth-order valence-corrected chi connectivity index (χ4v) is 14.1.